The zero-order valence-corrected chi connectivity index (χ0v) is 16.3. The largest absolute Gasteiger partial charge is 0.497 e. The van der Waals surface area contributed by atoms with Gasteiger partial charge in [0, 0.05) is 29.7 Å². The van der Waals surface area contributed by atoms with Gasteiger partial charge >= 0.3 is 0 Å². The van der Waals surface area contributed by atoms with Crippen molar-refractivity contribution in [1.29, 1.82) is 0 Å². The Labute approximate surface area is 173 Å². The number of para-hydroxylation sites is 1. The Morgan fingerprint density at radius 3 is 2.50 bits per heavy atom. The molecule has 0 bridgehead atoms. The highest BCUT2D eigenvalue weighted by Crippen LogP contribution is 2.47. The van der Waals surface area contributed by atoms with Gasteiger partial charge in [-0.2, -0.15) is 5.10 Å². The van der Waals surface area contributed by atoms with Crippen LogP contribution in [0.25, 0.3) is 0 Å². The fourth-order valence-corrected chi connectivity index (χ4v) is 3.97. The summed E-state index contributed by atoms with van der Waals surface area (Å²) in [5.41, 5.74) is 3.96. The molecule has 2 heterocycles. The van der Waals surface area contributed by atoms with Crippen LogP contribution in [-0.4, -0.2) is 22.8 Å². The highest BCUT2D eigenvalue weighted by molar-refractivity contribution is 6.02. The fourth-order valence-electron chi connectivity index (χ4n) is 3.97. The van der Waals surface area contributed by atoms with Gasteiger partial charge in [0.1, 0.15) is 11.5 Å². The van der Waals surface area contributed by atoms with Gasteiger partial charge in [-0.25, -0.2) is 5.01 Å². The van der Waals surface area contributed by atoms with E-state index in [2.05, 4.69) is 6.07 Å². The highest BCUT2D eigenvalue weighted by Gasteiger charge is 2.40. The molecule has 2 aliphatic rings. The molecule has 0 saturated carbocycles. The molecular formula is C23H19N3O4. The average Bonchev–Trinajstić information content (AvgIpc) is 3.24. The smallest absolute Gasteiger partial charge is 0.269 e. The molecule has 0 aromatic heterocycles. The molecule has 0 unspecified atom stereocenters. The molecule has 3 aromatic carbocycles. The summed E-state index contributed by atoms with van der Waals surface area (Å²) < 4.78 is 11.5. The summed E-state index contributed by atoms with van der Waals surface area (Å²) in [5, 5.41) is 17.9. The zero-order chi connectivity index (χ0) is 20.7. The third kappa shape index (κ3) is 3.04. The Hall–Kier alpha value is -3.87. The monoisotopic (exact) mass is 401 g/mol. The van der Waals surface area contributed by atoms with Gasteiger partial charge in [0.2, 0.25) is 6.23 Å². The molecule has 30 heavy (non-hydrogen) atoms. The molecule has 0 fully saturated rings. The Bertz CT molecular complexity index is 1130. The number of ether oxygens (including phenoxy) is 2. The van der Waals surface area contributed by atoms with Gasteiger partial charge < -0.3 is 9.47 Å². The number of rotatable bonds is 4. The molecule has 2 atom stereocenters. The van der Waals surface area contributed by atoms with E-state index in [1.54, 1.807) is 19.2 Å². The molecule has 3 aromatic rings. The average molecular weight is 401 g/mol. The van der Waals surface area contributed by atoms with Crippen LogP contribution < -0.4 is 9.47 Å². The lowest BCUT2D eigenvalue weighted by molar-refractivity contribution is -0.384. The molecule has 0 saturated heterocycles. The SMILES string of the molecule is COc1ccc(C2=NN3[C@@H](C2)c2ccccc2O[C@H]3c2ccc([N+](=O)[O-])cc2)cc1. The van der Waals surface area contributed by atoms with Gasteiger partial charge in [0.15, 0.2) is 0 Å². The van der Waals surface area contributed by atoms with Crippen molar-refractivity contribution in [3.63, 3.8) is 0 Å². The van der Waals surface area contributed by atoms with Crippen LogP contribution in [0.15, 0.2) is 77.9 Å². The molecule has 0 spiro atoms. The summed E-state index contributed by atoms with van der Waals surface area (Å²) in [6.07, 6.45) is 0.289. The third-order valence-corrected chi connectivity index (χ3v) is 5.51. The molecule has 2 aliphatic heterocycles. The van der Waals surface area contributed by atoms with E-state index in [9.17, 15) is 10.1 Å². The third-order valence-electron chi connectivity index (χ3n) is 5.51. The van der Waals surface area contributed by atoms with Crippen molar-refractivity contribution in [1.82, 2.24) is 5.01 Å². The minimum atomic E-state index is -0.457. The van der Waals surface area contributed by atoms with Crippen molar-refractivity contribution in [3.05, 3.63) is 99.6 Å². The van der Waals surface area contributed by atoms with Gasteiger partial charge in [-0.1, -0.05) is 18.2 Å². The quantitative estimate of drug-likeness (QED) is 0.462. The minimum absolute atomic E-state index is 0.0345. The number of fused-ring (bicyclic) bond motifs is 3. The summed E-state index contributed by atoms with van der Waals surface area (Å²) in [7, 11) is 1.64. The summed E-state index contributed by atoms with van der Waals surface area (Å²) in [5.74, 6) is 1.61. The van der Waals surface area contributed by atoms with Gasteiger partial charge in [-0.05, 0) is 48.0 Å². The predicted octanol–water partition coefficient (Wildman–Crippen LogP) is 4.85. The zero-order valence-electron chi connectivity index (χ0n) is 16.3. The number of benzene rings is 3. The Morgan fingerprint density at radius 2 is 1.80 bits per heavy atom. The van der Waals surface area contributed by atoms with E-state index in [-0.39, 0.29) is 11.7 Å². The number of hydrazone groups is 1. The van der Waals surface area contributed by atoms with Crippen LogP contribution in [0.2, 0.25) is 0 Å². The lowest BCUT2D eigenvalue weighted by atomic mass is 9.96. The number of hydrogen-bond acceptors (Lipinski definition) is 6. The van der Waals surface area contributed by atoms with Crippen LogP contribution in [0.5, 0.6) is 11.5 Å². The summed E-state index contributed by atoms with van der Waals surface area (Å²) in [6, 6.07) is 22.3. The predicted molar refractivity (Wildman–Crippen MR) is 112 cm³/mol. The normalized spacial score (nSPS) is 19.4. The minimum Gasteiger partial charge on any atom is -0.497 e. The molecule has 0 amide bonds. The van der Waals surface area contributed by atoms with Crippen molar-refractivity contribution in [3.8, 4) is 11.5 Å². The second-order valence-corrected chi connectivity index (χ2v) is 7.23. The van der Waals surface area contributed by atoms with Crippen LogP contribution >= 0.6 is 0 Å². The number of hydrogen-bond donors (Lipinski definition) is 0. The molecule has 7 heteroatoms. The van der Waals surface area contributed by atoms with E-state index in [0.717, 1.165) is 40.3 Å². The number of nitrogens with zero attached hydrogens (tertiary/aromatic N) is 3. The molecule has 5 rings (SSSR count). The number of nitro benzene ring substituents is 1. The first-order chi connectivity index (χ1) is 14.6. The molecular weight excluding hydrogens is 382 g/mol. The number of nitro groups is 1. The van der Waals surface area contributed by atoms with Crippen LogP contribution in [0.3, 0.4) is 0 Å². The first-order valence-electron chi connectivity index (χ1n) is 9.64. The Balaban J connectivity index is 1.54. The first-order valence-corrected chi connectivity index (χ1v) is 9.64. The van der Waals surface area contributed by atoms with Crippen LogP contribution in [0, 0.1) is 10.1 Å². The second kappa shape index (κ2) is 7.18. The molecule has 0 radical (unpaired) electrons. The van der Waals surface area contributed by atoms with Crippen LogP contribution in [0.4, 0.5) is 5.69 Å². The van der Waals surface area contributed by atoms with E-state index >= 15 is 0 Å². The summed E-state index contributed by atoms with van der Waals surface area (Å²) in [4.78, 5) is 10.6. The fraction of sp³-hybridized carbons (Fsp3) is 0.174. The van der Waals surface area contributed by atoms with E-state index in [0.29, 0.717) is 0 Å². The van der Waals surface area contributed by atoms with Crippen molar-refractivity contribution in [2.75, 3.05) is 7.11 Å². The van der Waals surface area contributed by atoms with Crippen molar-refractivity contribution in [2.45, 2.75) is 18.7 Å². The lowest BCUT2D eigenvalue weighted by Crippen LogP contribution is -2.33. The lowest BCUT2D eigenvalue weighted by Gasteiger charge is -2.38. The van der Waals surface area contributed by atoms with Crippen molar-refractivity contribution >= 4 is 11.4 Å². The molecule has 0 N–H and O–H groups in total. The summed E-state index contributed by atoms with van der Waals surface area (Å²) >= 11 is 0. The maximum Gasteiger partial charge on any atom is 0.269 e. The molecule has 150 valence electrons. The first kappa shape index (κ1) is 18.2. The number of methoxy groups -OCH3 is 1. The molecule has 0 aliphatic carbocycles. The topological polar surface area (TPSA) is 77.2 Å². The Morgan fingerprint density at radius 1 is 1.07 bits per heavy atom. The number of non-ortho nitro benzene ring substituents is 1. The Kier molecular flexibility index (Phi) is 4.35. The standard InChI is InChI=1S/C23H19N3O4/c1-29-18-12-8-15(9-13-18)20-14-21-19-4-2-3-5-22(19)30-23(25(21)24-20)16-6-10-17(11-7-16)26(27)28/h2-13,21,23H,14H2,1H3/t21-,23-/m0/s1. The highest BCUT2D eigenvalue weighted by atomic mass is 16.6. The van der Waals surface area contributed by atoms with E-state index < -0.39 is 11.2 Å². The maximum absolute atomic E-state index is 11.0. The van der Waals surface area contributed by atoms with E-state index in [4.69, 9.17) is 14.6 Å². The van der Waals surface area contributed by atoms with Crippen molar-refractivity contribution < 1.29 is 14.4 Å². The molecule has 7 nitrogen and oxygen atoms in total. The maximum atomic E-state index is 11.0. The van der Waals surface area contributed by atoms with Crippen LogP contribution in [0.1, 0.15) is 35.4 Å². The van der Waals surface area contributed by atoms with E-state index in [1.807, 2.05) is 47.5 Å². The second-order valence-electron chi connectivity index (χ2n) is 7.23. The van der Waals surface area contributed by atoms with Gasteiger partial charge in [-0.3, -0.25) is 10.1 Å². The van der Waals surface area contributed by atoms with Crippen molar-refractivity contribution in [2.24, 2.45) is 5.10 Å². The van der Waals surface area contributed by atoms with E-state index in [1.165, 1.54) is 12.1 Å². The van der Waals surface area contributed by atoms with Gasteiger partial charge in [0.25, 0.3) is 5.69 Å². The van der Waals surface area contributed by atoms with Gasteiger partial charge in [0.05, 0.1) is 23.8 Å². The van der Waals surface area contributed by atoms with Crippen LogP contribution in [-0.2, 0) is 0 Å². The van der Waals surface area contributed by atoms with Gasteiger partial charge in [-0.15, -0.1) is 0 Å². The summed E-state index contributed by atoms with van der Waals surface area (Å²) in [6.45, 7) is 0.